The zero-order valence-electron chi connectivity index (χ0n) is 17.7. The first-order valence-electron chi connectivity index (χ1n) is 10.6. The van der Waals surface area contributed by atoms with Crippen LogP contribution in [-0.4, -0.2) is 56.7 Å². The van der Waals surface area contributed by atoms with Crippen LogP contribution in [0.4, 0.5) is 0 Å². The summed E-state index contributed by atoms with van der Waals surface area (Å²) in [6.07, 6.45) is 3.38. The van der Waals surface area contributed by atoms with Gasteiger partial charge in [0.05, 0.1) is 23.4 Å². The summed E-state index contributed by atoms with van der Waals surface area (Å²) >= 11 is 1.78. The highest BCUT2D eigenvalue weighted by atomic mass is 32.1. The first kappa shape index (κ1) is 20.0. The van der Waals surface area contributed by atoms with E-state index in [0.717, 1.165) is 25.0 Å². The lowest BCUT2D eigenvalue weighted by molar-refractivity contribution is 0.0631. The van der Waals surface area contributed by atoms with Gasteiger partial charge < -0.3 is 9.32 Å². The molecule has 5 heterocycles. The Balaban J connectivity index is 1.43. The number of piperazine rings is 1. The van der Waals surface area contributed by atoms with E-state index in [2.05, 4.69) is 41.4 Å². The summed E-state index contributed by atoms with van der Waals surface area (Å²) in [5.74, 6) is 0.674. The standard InChI is InChI=1S/C23H25N5O2S/c1-16(2)28-22-19(14-24-28)18(13-20(25-22)21-6-3-11-30-21)23(29)27-9-7-26(8-10-27)15-17-5-4-12-31-17/h3-6,11-14,16H,7-10,15H2,1-2H3. The second-order valence-corrected chi connectivity index (χ2v) is 9.13. The van der Waals surface area contributed by atoms with Crippen molar-refractivity contribution < 1.29 is 9.21 Å². The van der Waals surface area contributed by atoms with Crippen molar-refractivity contribution in [1.29, 1.82) is 0 Å². The van der Waals surface area contributed by atoms with Gasteiger partial charge in [-0.2, -0.15) is 5.10 Å². The van der Waals surface area contributed by atoms with Crippen LogP contribution >= 0.6 is 11.3 Å². The highest BCUT2D eigenvalue weighted by Crippen LogP contribution is 2.28. The van der Waals surface area contributed by atoms with Crippen molar-refractivity contribution in [2.24, 2.45) is 0 Å². The maximum absolute atomic E-state index is 13.6. The summed E-state index contributed by atoms with van der Waals surface area (Å²) in [5.41, 5.74) is 2.00. The minimum absolute atomic E-state index is 0.0271. The molecular formula is C23H25N5O2S. The van der Waals surface area contributed by atoms with Crippen molar-refractivity contribution in [1.82, 2.24) is 24.6 Å². The number of carbonyl (C=O) groups excluding carboxylic acids is 1. The molecule has 1 amide bonds. The van der Waals surface area contributed by atoms with E-state index in [0.29, 0.717) is 35.8 Å². The number of fused-ring (bicyclic) bond motifs is 1. The minimum atomic E-state index is 0.0271. The number of pyridine rings is 1. The molecule has 0 saturated carbocycles. The van der Waals surface area contributed by atoms with E-state index in [4.69, 9.17) is 9.40 Å². The van der Waals surface area contributed by atoms with Gasteiger partial charge in [0.25, 0.3) is 5.91 Å². The fraction of sp³-hybridized carbons (Fsp3) is 0.348. The van der Waals surface area contributed by atoms with Crippen LogP contribution in [0.15, 0.2) is 52.6 Å². The number of furan rings is 1. The molecule has 0 N–H and O–H groups in total. The first-order valence-corrected chi connectivity index (χ1v) is 11.4. The van der Waals surface area contributed by atoms with Gasteiger partial charge in [0.15, 0.2) is 11.4 Å². The Morgan fingerprint density at radius 1 is 1.19 bits per heavy atom. The van der Waals surface area contributed by atoms with Crippen LogP contribution in [0.2, 0.25) is 0 Å². The highest BCUT2D eigenvalue weighted by molar-refractivity contribution is 7.09. The Morgan fingerprint density at radius 2 is 2.03 bits per heavy atom. The Kier molecular flexibility index (Phi) is 5.33. The van der Waals surface area contributed by atoms with Crippen LogP contribution in [0.25, 0.3) is 22.5 Å². The van der Waals surface area contributed by atoms with E-state index in [1.165, 1.54) is 4.88 Å². The molecule has 0 radical (unpaired) electrons. The van der Waals surface area contributed by atoms with E-state index in [-0.39, 0.29) is 11.9 Å². The van der Waals surface area contributed by atoms with E-state index >= 15 is 0 Å². The topological polar surface area (TPSA) is 67.4 Å². The lowest BCUT2D eigenvalue weighted by atomic mass is 10.1. The average molecular weight is 436 g/mol. The molecule has 1 aliphatic rings. The molecule has 160 valence electrons. The molecule has 0 unspecified atom stereocenters. The van der Waals surface area contributed by atoms with E-state index < -0.39 is 0 Å². The molecule has 4 aromatic heterocycles. The summed E-state index contributed by atoms with van der Waals surface area (Å²) in [6.45, 7) is 8.22. The van der Waals surface area contributed by atoms with Crippen molar-refractivity contribution in [3.63, 3.8) is 0 Å². The summed E-state index contributed by atoms with van der Waals surface area (Å²) in [5, 5.41) is 7.40. The normalized spacial score (nSPS) is 15.3. The van der Waals surface area contributed by atoms with Gasteiger partial charge in [-0.25, -0.2) is 9.67 Å². The van der Waals surface area contributed by atoms with Crippen molar-refractivity contribution in [2.45, 2.75) is 26.4 Å². The van der Waals surface area contributed by atoms with Crippen LogP contribution in [0, 0.1) is 0 Å². The summed E-state index contributed by atoms with van der Waals surface area (Å²) in [4.78, 5) is 24.0. The summed E-state index contributed by atoms with van der Waals surface area (Å²) in [6, 6.07) is 9.92. The third kappa shape index (κ3) is 3.88. The minimum Gasteiger partial charge on any atom is -0.463 e. The molecule has 31 heavy (non-hydrogen) atoms. The largest absolute Gasteiger partial charge is 0.463 e. The molecule has 8 heteroatoms. The smallest absolute Gasteiger partial charge is 0.254 e. The maximum Gasteiger partial charge on any atom is 0.254 e. The molecule has 1 fully saturated rings. The summed E-state index contributed by atoms with van der Waals surface area (Å²) in [7, 11) is 0. The van der Waals surface area contributed by atoms with Gasteiger partial charge >= 0.3 is 0 Å². The van der Waals surface area contributed by atoms with Gasteiger partial charge in [0.2, 0.25) is 0 Å². The number of aromatic nitrogens is 3. The molecule has 1 saturated heterocycles. The van der Waals surface area contributed by atoms with Gasteiger partial charge in [0.1, 0.15) is 5.69 Å². The predicted octanol–water partition coefficient (Wildman–Crippen LogP) is 4.29. The molecule has 0 atom stereocenters. The molecule has 0 bridgehead atoms. The highest BCUT2D eigenvalue weighted by Gasteiger charge is 2.26. The van der Waals surface area contributed by atoms with E-state index in [1.54, 1.807) is 23.8 Å². The van der Waals surface area contributed by atoms with Crippen molar-refractivity contribution in [2.75, 3.05) is 26.2 Å². The van der Waals surface area contributed by atoms with Gasteiger partial charge in [-0.3, -0.25) is 9.69 Å². The first-order chi connectivity index (χ1) is 15.1. The number of rotatable bonds is 5. The Hall–Kier alpha value is -2.97. The zero-order valence-corrected chi connectivity index (χ0v) is 18.5. The number of nitrogens with zero attached hydrogens (tertiary/aromatic N) is 5. The van der Waals surface area contributed by atoms with E-state index in [1.807, 2.05) is 27.8 Å². The van der Waals surface area contributed by atoms with Gasteiger partial charge in [-0.05, 0) is 43.5 Å². The molecule has 5 rings (SSSR count). The number of hydrogen-bond acceptors (Lipinski definition) is 6. The monoisotopic (exact) mass is 435 g/mol. The number of amides is 1. The van der Waals surface area contributed by atoms with Crippen LogP contribution in [0.3, 0.4) is 0 Å². The molecule has 4 aromatic rings. The Morgan fingerprint density at radius 3 is 2.71 bits per heavy atom. The molecule has 0 aliphatic carbocycles. The third-order valence-corrected chi connectivity index (χ3v) is 6.54. The molecule has 7 nitrogen and oxygen atoms in total. The second kappa shape index (κ2) is 8.28. The third-order valence-electron chi connectivity index (χ3n) is 5.68. The van der Waals surface area contributed by atoms with E-state index in [9.17, 15) is 4.79 Å². The average Bonchev–Trinajstić information content (AvgIpc) is 3.54. The van der Waals surface area contributed by atoms with Gasteiger partial charge in [-0.1, -0.05) is 6.07 Å². The number of carbonyl (C=O) groups is 1. The van der Waals surface area contributed by atoms with Crippen LogP contribution < -0.4 is 0 Å². The molecular weight excluding hydrogens is 410 g/mol. The predicted molar refractivity (Wildman–Crippen MR) is 121 cm³/mol. The Labute approximate surface area is 184 Å². The van der Waals surface area contributed by atoms with Crippen molar-refractivity contribution >= 4 is 28.3 Å². The fourth-order valence-electron chi connectivity index (χ4n) is 4.03. The lowest BCUT2D eigenvalue weighted by Crippen LogP contribution is -2.48. The molecule has 0 aromatic carbocycles. The van der Waals surface area contributed by atoms with Gasteiger partial charge in [-0.15, -0.1) is 11.3 Å². The van der Waals surface area contributed by atoms with Crippen molar-refractivity contribution in [3.05, 3.63) is 58.6 Å². The maximum atomic E-state index is 13.6. The fourth-order valence-corrected chi connectivity index (χ4v) is 4.77. The molecule has 0 spiro atoms. The summed E-state index contributed by atoms with van der Waals surface area (Å²) < 4.78 is 7.43. The van der Waals surface area contributed by atoms with Gasteiger partial charge in [0, 0.05) is 43.6 Å². The quantitative estimate of drug-likeness (QED) is 0.468. The Bertz CT molecular complexity index is 1170. The second-order valence-electron chi connectivity index (χ2n) is 8.10. The number of thiophene rings is 1. The SMILES string of the molecule is CC(C)n1ncc2c(C(=O)N3CCN(Cc4cccs4)CC3)cc(-c3ccco3)nc21. The van der Waals surface area contributed by atoms with Crippen LogP contribution in [0.5, 0.6) is 0 Å². The van der Waals surface area contributed by atoms with Crippen molar-refractivity contribution in [3.8, 4) is 11.5 Å². The van der Waals surface area contributed by atoms with Crippen LogP contribution in [0.1, 0.15) is 35.1 Å². The lowest BCUT2D eigenvalue weighted by Gasteiger charge is -2.34. The van der Waals surface area contributed by atoms with Crippen LogP contribution in [-0.2, 0) is 6.54 Å². The zero-order chi connectivity index (χ0) is 21.4. The number of hydrogen-bond donors (Lipinski definition) is 0. The molecule has 1 aliphatic heterocycles.